The molecule has 0 N–H and O–H groups in total. The average molecular weight is 330 g/mol. The molecule has 1 aromatic rings. The molecular formula is C20H30N2O2. The van der Waals surface area contributed by atoms with E-state index >= 15 is 0 Å². The maximum Gasteiger partial charge on any atom is 0.410 e. The second kappa shape index (κ2) is 7.29. The highest BCUT2D eigenvalue weighted by atomic mass is 16.6. The van der Waals surface area contributed by atoms with Gasteiger partial charge in [0.1, 0.15) is 5.60 Å². The predicted molar refractivity (Wildman–Crippen MR) is 99.2 cm³/mol. The number of hydrogen-bond donors (Lipinski definition) is 0. The van der Waals surface area contributed by atoms with Crippen LogP contribution in [0.3, 0.4) is 0 Å². The van der Waals surface area contributed by atoms with Gasteiger partial charge in [0.15, 0.2) is 0 Å². The Balaban J connectivity index is 2.09. The molecule has 0 saturated carbocycles. The molecule has 1 amide bonds. The predicted octanol–water partition coefficient (Wildman–Crippen LogP) is 3.22. The number of carbonyl (C=O) groups is 1. The zero-order chi connectivity index (χ0) is 17.9. The summed E-state index contributed by atoms with van der Waals surface area (Å²) >= 11 is 0. The van der Waals surface area contributed by atoms with Crippen molar-refractivity contribution in [2.75, 3.05) is 13.1 Å². The van der Waals surface area contributed by atoms with Crippen molar-refractivity contribution in [3.63, 3.8) is 0 Å². The number of hydrogen-bond acceptors (Lipinski definition) is 2. The lowest BCUT2D eigenvalue weighted by Gasteiger charge is -2.34. The molecular weight excluding hydrogens is 300 g/mol. The average Bonchev–Trinajstić information content (AvgIpc) is 2.84. The van der Waals surface area contributed by atoms with Gasteiger partial charge in [-0.3, -0.25) is 0 Å². The van der Waals surface area contributed by atoms with E-state index in [9.17, 15) is 4.79 Å². The first kappa shape index (κ1) is 18.4. The number of nitrogens with zero attached hydrogens (tertiary/aromatic N) is 2. The first-order valence-electron chi connectivity index (χ1n) is 8.66. The minimum atomic E-state index is -0.441. The molecule has 1 aliphatic rings. The molecule has 4 nitrogen and oxygen atoms in total. The van der Waals surface area contributed by atoms with Gasteiger partial charge in [-0.15, -0.1) is 0 Å². The summed E-state index contributed by atoms with van der Waals surface area (Å²) in [6, 6.07) is 2.46. The van der Waals surface area contributed by atoms with E-state index in [0.717, 1.165) is 36.5 Å². The van der Waals surface area contributed by atoms with Crippen molar-refractivity contribution in [1.29, 1.82) is 0 Å². The summed E-state index contributed by atoms with van der Waals surface area (Å²) in [5.74, 6) is 0. The van der Waals surface area contributed by atoms with Crippen molar-refractivity contribution in [1.82, 2.24) is 9.47 Å². The first-order valence-corrected chi connectivity index (χ1v) is 8.66. The smallest absolute Gasteiger partial charge is 0.410 e. The third-order valence-corrected chi connectivity index (χ3v) is 4.13. The fourth-order valence-corrected chi connectivity index (χ4v) is 2.91. The van der Waals surface area contributed by atoms with Crippen LogP contribution in [0.5, 0.6) is 0 Å². The van der Waals surface area contributed by atoms with Crippen molar-refractivity contribution < 1.29 is 9.53 Å². The van der Waals surface area contributed by atoms with Gasteiger partial charge in [-0.2, -0.15) is 0 Å². The zero-order valence-corrected chi connectivity index (χ0v) is 15.6. The minimum Gasteiger partial charge on any atom is -0.444 e. The van der Waals surface area contributed by atoms with Crippen molar-refractivity contribution >= 4 is 18.7 Å². The molecule has 2 heterocycles. The van der Waals surface area contributed by atoms with E-state index in [0.29, 0.717) is 6.04 Å². The molecule has 2 rings (SSSR count). The highest BCUT2D eigenvalue weighted by Gasteiger charge is 2.27. The molecule has 0 spiro atoms. The summed E-state index contributed by atoms with van der Waals surface area (Å²) in [6.45, 7) is 15.5. The van der Waals surface area contributed by atoms with Crippen molar-refractivity contribution in [3.8, 4) is 0 Å². The molecule has 132 valence electrons. The normalized spacial score (nSPS) is 17.0. The fraction of sp³-hybridized carbons (Fsp3) is 0.550. The Morgan fingerprint density at radius 3 is 2.46 bits per heavy atom. The highest BCUT2D eigenvalue weighted by Crippen LogP contribution is 2.22. The van der Waals surface area contributed by atoms with E-state index in [1.165, 1.54) is 5.57 Å². The Bertz CT molecular complexity index is 710. The molecule has 1 aromatic heterocycles. The van der Waals surface area contributed by atoms with E-state index in [2.05, 4.69) is 49.4 Å². The number of carbonyl (C=O) groups excluding carboxylic acids is 1. The topological polar surface area (TPSA) is 34.5 Å². The Hall–Kier alpha value is -1.97. The Labute approximate surface area is 145 Å². The second-order valence-corrected chi connectivity index (χ2v) is 7.74. The molecule has 1 fully saturated rings. The number of rotatable bonds is 2. The maximum atomic E-state index is 12.2. The molecule has 24 heavy (non-hydrogen) atoms. The van der Waals surface area contributed by atoms with E-state index in [1.54, 1.807) is 0 Å². The molecule has 0 radical (unpaired) electrons. The third kappa shape index (κ3) is 4.76. The summed E-state index contributed by atoms with van der Waals surface area (Å²) in [5.41, 5.74) is 0.825. The summed E-state index contributed by atoms with van der Waals surface area (Å²) in [7, 11) is 0. The Morgan fingerprint density at radius 1 is 1.29 bits per heavy atom. The van der Waals surface area contributed by atoms with Gasteiger partial charge in [-0.25, -0.2) is 4.79 Å². The van der Waals surface area contributed by atoms with Gasteiger partial charge < -0.3 is 14.2 Å². The van der Waals surface area contributed by atoms with Crippen LogP contribution in [0.2, 0.25) is 0 Å². The lowest BCUT2D eigenvalue weighted by atomic mass is 10.1. The van der Waals surface area contributed by atoms with Gasteiger partial charge in [-0.1, -0.05) is 18.2 Å². The number of piperidine rings is 1. The summed E-state index contributed by atoms with van der Waals surface area (Å²) < 4.78 is 7.77. The third-order valence-electron chi connectivity index (χ3n) is 4.13. The van der Waals surface area contributed by atoms with Gasteiger partial charge in [0.05, 0.1) is 0 Å². The van der Waals surface area contributed by atoms with Crippen molar-refractivity contribution in [2.45, 2.75) is 59.1 Å². The fourth-order valence-electron chi connectivity index (χ4n) is 2.91. The zero-order valence-electron chi connectivity index (χ0n) is 15.6. The van der Waals surface area contributed by atoms with Crippen molar-refractivity contribution in [2.24, 2.45) is 0 Å². The second-order valence-electron chi connectivity index (χ2n) is 7.74. The standard InChI is InChI=1S/C20H30N2O2/c1-15(2)7-8-18-16(3)9-14-22(18)17-10-12-21(13-11-17)19(23)24-20(4,5)6/h7-9,14,17H,3,10-13H2,1-2,4-6H3/b18-8+. The molecule has 0 aliphatic carbocycles. The monoisotopic (exact) mass is 330 g/mol. The maximum absolute atomic E-state index is 12.2. The van der Waals surface area contributed by atoms with Gasteiger partial charge >= 0.3 is 6.09 Å². The summed E-state index contributed by atoms with van der Waals surface area (Å²) in [5, 5.41) is 2.20. The molecule has 4 heteroatoms. The van der Waals surface area contributed by atoms with Crippen LogP contribution in [0.4, 0.5) is 4.79 Å². The largest absolute Gasteiger partial charge is 0.444 e. The lowest BCUT2D eigenvalue weighted by molar-refractivity contribution is 0.0188. The van der Waals surface area contributed by atoms with Crippen LogP contribution in [0.15, 0.2) is 23.9 Å². The molecule has 0 bridgehead atoms. The van der Waals surface area contributed by atoms with Crippen molar-refractivity contribution in [3.05, 3.63) is 34.5 Å². The summed E-state index contributed by atoms with van der Waals surface area (Å²) in [6.07, 6.45) is 8.03. The first-order chi connectivity index (χ1) is 11.2. The summed E-state index contributed by atoms with van der Waals surface area (Å²) in [4.78, 5) is 14.0. The van der Waals surface area contributed by atoms with Gasteiger partial charge in [-0.05, 0) is 64.8 Å². The van der Waals surface area contributed by atoms with E-state index in [1.807, 2.05) is 25.7 Å². The van der Waals surface area contributed by atoms with Gasteiger partial charge in [0.2, 0.25) is 0 Å². The van der Waals surface area contributed by atoms with Crippen LogP contribution in [0.1, 0.15) is 53.5 Å². The molecule has 1 saturated heterocycles. The molecule has 0 atom stereocenters. The molecule has 1 aliphatic heterocycles. The number of amides is 1. The van der Waals surface area contributed by atoms with E-state index in [4.69, 9.17) is 4.74 Å². The van der Waals surface area contributed by atoms with Gasteiger partial charge in [0.25, 0.3) is 0 Å². The number of ether oxygens (including phenoxy) is 1. The van der Waals surface area contributed by atoms with Gasteiger partial charge in [0, 0.05) is 30.7 Å². The van der Waals surface area contributed by atoms with Crippen LogP contribution >= 0.6 is 0 Å². The number of aromatic nitrogens is 1. The number of likely N-dealkylation sites (tertiary alicyclic amines) is 1. The minimum absolute atomic E-state index is 0.206. The van der Waals surface area contributed by atoms with Crippen LogP contribution in [0.25, 0.3) is 12.7 Å². The van der Waals surface area contributed by atoms with Crippen LogP contribution in [-0.4, -0.2) is 34.3 Å². The van der Waals surface area contributed by atoms with Crippen LogP contribution in [-0.2, 0) is 4.74 Å². The highest BCUT2D eigenvalue weighted by molar-refractivity contribution is 5.68. The van der Waals surface area contributed by atoms with Crippen LogP contribution in [0, 0.1) is 0 Å². The van der Waals surface area contributed by atoms with E-state index in [-0.39, 0.29) is 6.09 Å². The Morgan fingerprint density at radius 2 is 1.92 bits per heavy atom. The van der Waals surface area contributed by atoms with E-state index < -0.39 is 5.60 Å². The lowest BCUT2D eigenvalue weighted by Crippen LogP contribution is -2.43. The molecule has 0 aromatic carbocycles. The Kier molecular flexibility index (Phi) is 5.58. The quantitative estimate of drug-likeness (QED) is 0.834. The van der Waals surface area contributed by atoms with Crippen LogP contribution < -0.4 is 10.6 Å². The molecule has 0 unspecified atom stereocenters. The SMILES string of the molecule is C=c1ccn(C2CCN(C(=O)OC(C)(C)C)CC2)/c1=C/C=C(C)C. The number of allylic oxidation sites excluding steroid dienone is 2.